The van der Waals surface area contributed by atoms with Crippen molar-refractivity contribution in [2.45, 2.75) is 39.2 Å². The van der Waals surface area contributed by atoms with Crippen LogP contribution in [0.1, 0.15) is 48.7 Å². The molecule has 0 amide bonds. The van der Waals surface area contributed by atoms with Gasteiger partial charge in [0, 0.05) is 5.56 Å². The summed E-state index contributed by atoms with van der Waals surface area (Å²) in [6.07, 6.45) is 1.56. The summed E-state index contributed by atoms with van der Waals surface area (Å²) in [6.45, 7) is 9.16. The molecule has 0 aromatic heterocycles. The zero-order valence-electron chi connectivity index (χ0n) is 15.0. The Morgan fingerprint density at radius 3 is 2.08 bits per heavy atom. The molecule has 0 radical (unpaired) electrons. The number of Topliss-reactive ketones (excluding diaryl/α,β-unsaturated/α-hetero) is 1. The van der Waals surface area contributed by atoms with E-state index in [1.54, 1.807) is 24.3 Å². The van der Waals surface area contributed by atoms with Crippen molar-refractivity contribution >= 4 is 17.3 Å². The first kappa shape index (κ1) is 18.7. The average Bonchev–Trinajstić information content (AvgIpc) is 2.60. The summed E-state index contributed by atoms with van der Waals surface area (Å²) < 4.78 is 5.65. The van der Waals surface area contributed by atoms with Gasteiger partial charge in [-0.25, -0.2) is 4.79 Å². The molecule has 2 aromatic carbocycles. The molecule has 0 fully saturated rings. The third-order valence-corrected chi connectivity index (χ3v) is 4.11. The first-order valence-electron chi connectivity index (χ1n) is 8.36. The van der Waals surface area contributed by atoms with Gasteiger partial charge < -0.3 is 4.74 Å². The van der Waals surface area contributed by atoms with Crippen molar-refractivity contribution in [2.24, 2.45) is 0 Å². The first-order chi connectivity index (χ1) is 11.8. The van der Waals surface area contributed by atoms with Gasteiger partial charge in [0.15, 0.2) is 5.78 Å². The van der Waals surface area contributed by atoms with E-state index < -0.39 is 11.6 Å². The number of esters is 1. The van der Waals surface area contributed by atoms with Crippen molar-refractivity contribution in [3.63, 3.8) is 0 Å². The van der Waals surface area contributed by atoms with Gasteiger partial charge in [-0.3, -0.25) is 4.79 Å². The number of carbonyl (C=O) groups is 2. The average molecular weight is 336 g/mol. The highest BCUT2D eigenvalue weighted by molar-refractivity contribution is 6.15. The predicted octanol–water partition coefficient (Wildman–Crippen LogP) is 4.86. The molecule has 2 aromatic rings. The van der Waals surface area contributed by atoms with Crippen LogP contribution < -0.4 is 0 Å². The van der Waals surface area contributed by atoms with Gasteiger partial charge in [-0.05, 0) is 44.7 Å². The van der Waals surface area contributed by atoms with Gasteiger partial charge in [0.2, 0.25) is 0 Å². The molecule has 0 atom stereocenters. The molecule has 0 bridgehead atoms. The fourth-order valence-electron chi connectivity index (χ4n) is 2.48. The normalized spacial score (nSPS) is 11.0. The Kier molecular flexibility index (Phi) is 5.92. The second-order valence-electron chi connectivity index (χ2n) is 6.75. The number of aryl methyl sites for hydroxylation is 1. The predicted molar refractivity (Wildman–Crippen MR) is 100 cm³/mol. The molecule has 0 spiro atoms. The van der Waals surface area contributed by atoms with Gasteiger partial charge in [-0.15, -0.1) is 0 Å². The van der Waals surface area contributed by atoms with Gasteiger partial charge in [0.25, 0.3) is 0 Å². The Balaban J connectivity index is 1.96. The van der Waals surface area contributed by atoms with Crippen LogP contribution >= 0.6 is 0 Å². The highest BCUT2D eigenvalue weighted by Crippen LogP contribution is 2.23. The number of ketones is 1. The summed E-state index contributed by atoms with van der Waals surface area (Å²) in [5.74, 6) is -0.449. The summed E-state index contributed by atoms with van der Waals surface area (Å²) in [6, 6.07) is 16.9. The molecule has 0 unspecified atom stereocenters. The van der Waals surface area contributed by atoms with Gasteiger partial charge in [-0.1, -0.05) is 61.2 Å². The minimum absolute atomic E-state index is 0.0122. The van der Waals surface area contributed by atoms with Crippen LogP contribution in [0.3, 0.4) is 0 Å². The Hall–Kier alpha value is -2.68. The fraction of sp³-hybridized carbons (Fsp3) is 0.273. The lowest BCUT2D eigenvalue weighted by Crippen LogP contribution is -2.29. The molecule has 0 saturated carbocycles. The van der Waals surface area contributed by atoms with Crippen molar-refractivity contribution in [1.29, 1.82) is 0 Å². The molecule has 3 heteroatoms. The van der Waals surface area contributed by atoms with Crippen LogP contribution in [-0.4, -0.2) is 17.4 Å². The number of ether oxygens (including phenoxy) is 1. The molecule has 130 valence electrons. The molecule has 25 heavy (non-hydrogen) atoms. The molecule has 0 N–H and O–H groups in total. The van der Waals surface area contributed by atoms with E-state index in [0.29, 0.717) is 16.7 Å². The van der Waals surface area contributed by atoms with Crippen molar-refractivity contribution in [2.75, 3.05) is 0 Å². The van der Waals surface area contributed by atoms with Gasteiger partial charge in [0.05, 0.1) is 5.57 Å². The maximum atomic E-state index is 12.4. The van der Waals surface area contributed by atoms with E-state index in [2.05, 4.69) is 18.7 Å². The Morgan fingerprint density at radius 2 is 1.52 bits per heavy atom. The Labute approximate surface area is 149 Å². The van der Waals surface area contributed by atoms with E-state index in [9.17, 15) is 9.59 Å². The summed E-state index contributed by atoms with van der Waals surface area (Å²) in [5, 5.41) is 0. The standard InChI is InChI=1S/C22H24O3/c1-16(19-10-12-20(13-11-19)17(2)23)21(24)25-22(3,4)15-14-18-8-6-5-7-9-18/h5-13H,1,14-15H2,2-4H3. The lowest BCUT2D eigenvalue weighted by Gasteiger charge is -2.25. The van der Waals surface area contributed by atoms with E-state index in [1.807, 2.05) is 32.0 Å². The zero-order chi connectivity index (χ0) is 18.4. The number of carbonyl (C=O) groups excluding carboxylic acids is 2. The van der Waals surface area contributed by atoms with Crippen molar-refractivity contribution in [3.8, 4) is 0 Å². The minimum atomic E-state index is -0.588. The molecular formula is C22H24O3. The maximum Gasteiger partial charge on any atom is 0.338 e. The fourth-order valence-corrected chi connectivity index (χ4v) is 2.48. The smallest absolute Gasteiger partial charge is 0.338 e. The third-order valence-electron chi connectivity index (χ3n) is 4.11. The Bertz CT molecular complexity index is 756. The second-order valence-corrected chi connectivity index (χ2v) is 6.75. The van der Waals surface area contributed by atoms with Crippen LogP contribution in [-0.2, 0) is 16.0 Å². The topological polar surface area (TPSA) is 43.4 Å². The highest BCUT2D eigenvalue weighted by atomic mass is 16.6. The van der Waals surface area contributed by atoms with Crippen molar-refractivity contribution in [1.82, 2.24) is 0 Å². The molecule has 0 saturated heterocycles. The maximum absolute atomic E-state index is 12.4. The lowest BCUT2D eigenvalue weighted by atomic mass is 9.98. The van der Waals surface area contributed by atoms with Gasteiger partial charge >= 0.3 is 5.97 Å². The molecule has 0 aliphatic rings. The minimum Gasteiger partial charge on any atom is -0.456 e. The van der Waals surface area contributed by atoms with Crippen LogP contribution in [0, 0.1) is 0 Å². The monoisotopic (exact) mass is 336 g/mol. The SMILES string of the molecule is C=C(C(=O)OC(C)(C)CCc1ccccc1)c1ccc(C(C)=O)cc1. The summed E-state index contributed by atoms with van der Waals surface area (Å²) >= 11 is 0. The van der Waals surface area contributed by atoms with E-state index in [1.165, 1.54) is 12.5 Å². The van der Waals surface area contributed by atoms with E-state index >= 15 is 0 Å². The van der Waals surface area contributed by atoms with Crippen LogP contribution in [0.4, 0.5) is 0 Å². The molecule has 3 nitrogen and oxygen atoms in total. The summed E-state index contributed by atoms with van der Waals surface area (Å²) in [7, 11) is 0. The van der Waals surface area contributed by atoms with Gasteiger partial charge in [-0.2, -0.15) is 0 Å². The van der Waals surface area contributed by atoms with Crippen LogP contribution in [0.5, 0.6) is 0 Å². The van der Waals surface area contributed by atoms with Crippen molar-refractivity contribution in [3.05, 3.63) is 77.9 Å². The Morgan fingerprint density at radius 1 is 0.960 bits per heavy atom. The summed E-state index contributed by atoms with van der Waals surface area (Å²) in [5.41, 5.74) is 2.19. The van der Waals surface area contributed by atoms with Crippen LogP contribution in [0.25, 0.3) is 5.57 Å². The number of rotatable bonds is 7. The van der Waals surface area contributed by atoms with E-state index in [-0.39, 0.29) is 5.78 Å². The first-order valence-corrected chi connectivity index (χ1v) is 8.36. The third kappa shape index (κ3) is 5.42. The van der Waals surface area contributed by atoms with E-state index in [0.717, 1.165) is 12.8 Å². The van der Waals surface area contributed by atoms with Gasteiger partial charge in [0.1, 0.15) is 5.60 Å². The zero-order valence-corrected chi connectivity index (χ0v) is 15.0. The van der Waals surface area contributed by atoms with Crippen LogP contribution in [0.15, 0.2) is 61.2 Å². The summed E-state index contributed by atoms with van der Waals surface area (Å²) in [4.78, 5) is 23.7. The highest BCUT2D eigenvalue weighted by Gasteiger charge is 2.24. The molecular weight excluding hydrogens is 312 g/mol. The number of hydrogen-bond donors (Lipinski definition) is 0. The lowest BCUT2D eigenvalue weighted by molar-refractivity contribution is -0.149. The van der Waals surface area contributed by atoms with E-state index in [4.69, 9.17) is 4.74 Å². The largest absolute Gasteiger partial charge is 0.456 e. The van der Waals surface area contributed by atoms with Crippen molar-refractivity contribution < 1.29 is 14.3 Å². The second kappa shape index (κ2) is 7.93. The molecule has 0 heterocycles. The molecule has 0 aliphatic carbocycles. The number of hydrogen-bond acceptors (Lipinski definition) is 3. The van der Waals surface area contributed by atoms with Crippen LogP contribution in [0.2, 0.25) is 0 Å². The quantitative estimate of drug-likeness (QED) is 0.412. The number of benzene rings is 2. The molecule has 2 rings (SSSR count). The molecule has 0 aliphatic heterocycles.